The van der Waals surface area contributed by atoms with Crippen molar-refractivity contribution in [2.75, 3.05) is 32.4 Å². The molecule has 0 aliphatic carbocycles. The Hall–Kier alpha value is -2.31. The molecule has 2 aromatic carbocycles. The number of carbonyl (C=O) groups excluding carboxylic acids is 1. The zero-order chi connectivity index (χ0) is 17.9. The Bertz CT molecular complexity index is 758. The first kappa shape index (κ1) is 18.0. The van der Waals surface area contributed by atoms with Crippen LogP contribution in [0.3, 0.4) is 0 Å². The third-order valence-electron chi connectivity index (χ3n) is 3.29. The number of nitrogens with two attached hydrogens (primary N) is 1. The second kappa shape index (κ2) is 7.51. The number of benzene rings is 2. The summed E-state index contributed by atoms with van der Waals surface area (Å²) >= 11 is 11.9. The van der Waals surface area contributed by atoms with Crippen molar-refractivity contribution >= 4 is 40.5 Å². The molecule has 2 aromatic rings. The van der Waals surface area contributed by atoms with E-state index in [0.717, 1.165) is 0 Å². The number of carbonyl (C=O) groups is 1. The summed E-state index contributed by atoms with van der Waals surface area (Å²) in [5.41, 5.74) is 6.60. The van der Waals surface area contributed by atoms with E-state index in [1.807, 2.05) is 0 Å². The summed E-state index contributed by atoms with van der Waals surface area (Å²) in [5.74, 6) is 0.595. The van der Waals surface area contributed by atoms with Crippen LogP contribution in [0.1, 0.15) is 10.4 Å². The molecule has 0 radical (unpaired) electrons. The fourth-order valence-corrected chi connectivity index (χ4v) is 2.62. The molecule has 0 saturated carbocycles. The standard InChI is InChI=1S/C16H16Cl2N2O4/c1-22-12-5-4-9(14(23-2)15(12)24-3)16(21)20-8-6-10(17)13(19)11(18)7-8/h4-7H,19H2,1-3H3,(H,20,21). The van der Waals surface area contributed by atoms with Crippen LogP contribution < -0.4 is 25.3 Å². The zero-order valence-corrected chi connectivity index (χ0v) is 14.8. The second-order valence-corrected chi connectivity index (χ2v) is 5.50. The number of nitrogens with one attached hydrogen (secondary N) is 1. The third kappa shape index (κ3) is 3.44. The Balaban J connectivity index is 2.40. The van der Waals surface area contributed by atoms with Gasteiger partial charge >= 0.3 is 0 Å². The molecule has 0 heterocycles. The van der Waals surface area contributed by atoms with E-state index < -0.39 is 5.91 Å². The molecule has 3 N–H and O–H groups in total. The van der Waals surface area contributed by atoms with Crippen molar-refractivity contribution < 1.29 is 19.0 Å². The molecule has 8 heteroatoms. The van der Waals surface area contributed by atoms with Crippen molar-refractivity contribution in [3.63, 3.8) is 0 Å². The average molecular weight is 371 g/mol. The van der Waals surface area contributed by atoms with Crippen LogP contribution in [-0.2, 0) is 0 Å². The lowest BCUT2D eigenvalue weighted by atomic mass is 10.1. The van der Waals surface area contributed by atoms with Gasteiger partial charge in [-0.1, -0.05) is 23.2 Å². The lowest BCUT2D eigenvalue weighted by molar-refractivity contribution is 0.102. The number of amides is 1. The van der Waals surface area contributed by atoms with Crippen LogP contribution in [0.2, 0.25) is 10.0 Å². The number of hydrogen-bond donors (Lipinski definition) is 2. The first-order chi connectivity index (χ1) is 11.4. The van der Waals surface area contributed by atoms with Crippen LogP contribution in [0.5, 0.6) is 17.2 Å². The number of hydrogen-bond acceptors (Lipinski definition) is 5. The summed E-state index contributed by atoms with van der Waals surface area (Å²) in [4.78, 5) is 12.6. The van der Waals surface area contributed by atoms with Gasteiger partial charge in [-0.05, 0) is 24.3 Å². The predicted octanol–water partition coefficient (Wildman–Crippen LogP) is 3.85. The van der Waals surface area contributed by atoms with Crippen LogP contribution in [0, 0.1) is 0 Å². The van der Waals surface area contributed by atoms with Gasteiger partial charge in [0.15, 0.2) is 11.5 Å². The third-order valence-corrected chi connectivity index (χ3v) is 3.91. The van der Waals surface area contributed by atoms with Gasteiger partial charge < -0.3 is 25.3 Å². The van der Waals surface area contributed by atoms with E-state index in [1.54, 1.807) is 12.1 Å². The Kier molecular flexibility index (Phi) is 5.64. The number of methoxy groups -OCH3 is 3. The van der Waals surface area contributed by atoms with Gasteiger partial charge in [0.05, 0.1) is 42.6 Å². The molecule has 24 heavy (non-hydrogen) atoms. The molecule has 0 bridgehead atoms. The van der Waals surface area contributed by atoms with Crippen molar-refractivity contribution in [2.45, 2.75) is 0 Å². The maximum absolute atomic E-state index is 12.6. The molecule has 2 rings (SSSR count). The molecular weight excluding hydrogens is 355 g/mol. The summed E-state index contributed by atoms with van der Waals surface area (Å²) in [6.07, 6.45) is 0. The van der Waals surface area contributed by atoms with Crippen LogP contribution in [0.4, 0.5) is 11.4 Å². The first-order valence-electron chi connectivity index (χ1n) is 6.77. The van der Waals surface area contributed by atoms with Gasteiger partial charge in [-0.15, -0.1) is 0 Å². The summed E-state index contributed by atoms with van der Waals surface area (Å²) in [5, 5.41) is 3.19. The Morgan fingerprint density at radius 2 is 1.58 bits per heavy atom. The second-order valence-electron chi connectivity index (χ2n) is 4.69. The van der Waals surface area contributed by atoms with Gasteiger partial charge in [0.1, 0.15) is 0 Å². The topological polar surface area (TPSA) is 82.8 Å². The molecule has 0 atom stereocenters. The minimum Gasteiger partial charge on any atom is -0.493 e. The van der Waals surface area contributed by atoms with E-state index in [0.29, 0.717) is 17.2 Å². The fraction of sp³-hybridized carbons (Fsp3) is 0.188. The number of halogens is 2. The van der Waals surface area contributed by atoms with Gasteiger partial charge in [0.2, 0.25) is 5.75 Å². The Morgan fingerprint density at radius 3 is 2.08 bits per heavy atom. The van der Waals surface area contributed by atoms with Gasteiger partial charge in [0.25, 0.3) is 5.91 Å². The largest absolute Gasteiger partial charge is 0.493 e. The number of anilines is 2. The van der Waals surface area contributed by atoms with E-state index in [9.17, 15) is 4.79 Å². The van der Waals surface area contributed by atoms with Crippen molar-refractivity contribution in [1.82, 2.24) is 0 Å². The predicted molar refractivity (Wildman–Crippen MR) is 94.9 cm³/mol. The minimum absolute atomic E-state index is 0.247. The van der Waals surface area contributed by atoms with Gasteiger partial charge in [-0.2, -0.15) is 0 Å². The van der Waals surface area contributed by atoms with Gasteiger partial charge in [0, 0.05) is 5.69 Å². The van der Waals surface area contributed by atoms with Crippen LogP contribution in [0.25, 0.3) is 0 Å². The highest BCUT2D eigenvalue weighted by atomic mass is 35.5. The van der Waals surface area contributed by atoms with E-state index in [2.05, 4.69) is 5.32 Å². The maximum atomic E-state index is 12.6. The molecule has 0 aliphatic heterocycles. The first-order valence-corrected chi connectivity index (χ1v) is 7.53. The lowest BCUT2D eigenvalue weighted by Crippen LogP contribution is -2.14. The van der Waals surface area contributed by atoms with Crippen molar-refractivity contribution in [3.8, 4) is 17.2 Å². The summed E-state index contributed by atoms with van der Waals surface area (Å²) in [7, 11) is 4.39. The van der Waals surface area contributed by atoms with E-state index in [1.165, 1.54) is 33.5 Å². The molecular formula is C16H16Cl2N2O4. The SMILES string of the molecule is COc1ccc(C(=O)Nc2cc(Cl)c(N)c(Cl)c2)c(OC)c1OC. The average Bonchev–Trinajstić information content (AvgIpc) is 2.57. The van der Waals surface area contributed by atoms with Crippen LogP contribution >= 0.6 is 23.2 Å². The quantitative estimate of drug-likeness (QED) is 0.780. The maximum Gasteiger partial charge on any atom is 0.259 e. The summed E-state index contributed by atoms with van der Waals surface area (Å²) in [6, 6.07) is 6.19. The lowest BCUT2D eigenvalue weighted by Gasteiger charge is -2.16. The van der Waals surface area contributed by atoms with Crippen LogP contribution in [0.15, 0.2) is 24.3 Å². The fourth-order valence-electron chi connectivity index (χ4n) is 2.13. The Morgan fingerprint density at radius 1 is 1.00 bits per heavy atom. The minimum atomic E-state index is -0.426. The number of rotatable bonds is 5. The monoisotopic (exact) mass is 370 g/mol. The highest BCUT2D eigenvalue weighted by Crippen LogP contribution is 2.40. The number of nitrogen functional groups attached to an aromatic ring is 1. The molecule has 6 nitrogen and oxygen atoms in total. The molecule has 0 fully saturated rings. The molecule has 128 valence electrons. The molecule has 0 aromatic heterocycles. The highest BCUT2D eigenvalue weighted by molar-refractivity contribution is 6.39. The molecule has 0 spiro atoms. The Labute approximate surface area is 149 Å². The summed E-state index contributed by atoms with van der Waals surface area (Å²) in [6.45, 7) is 0. The van der Waals surface area contributed by atoms with E-state index in [-0.39, 0.29) is 27.0 Å². The van der Waals surface area contributed by atoms with Crippen molar-refractivity contribution in [1.29, 1.82) is 0 Å². The number of ether oxygens (including phenoxy) is 3. The van der Waals surface area contributed by atoms with Crippen molar-refractivity contribution in [3.05, 3.63) is 39.9 Å². The molecule has 1 amide bonds. The molecule has 0 unspecified atom stereocenters. The summed E-state index contributed by atoms with van der Waals surface area (Å²) < 4.78 is 15.8. The van der Waals surface area contributed by atoms with Crippen LogP contribution in [-0.4, -0.2) is 27.2 Å². The van der Waals surface area contributed by atoms with E-state index >= 15 is 0 Å². The highest BCUT2D eigenvalue weighted by Gasteiger charge is 2.21. The zero-order valence-electron chi connectivity index (χ0n) is 13.3. The van der Waals surface area contributed by atoms with E-state index in [4.69, 9.17) is 43.1 Å². The molecule has 0 saturated heterocycles. The normalized spacial score (nSPS) is 10.2. The van der Waals surface area contributed by atoms with Crippen molar-refractivity contribution in [2.24, 2.45) is 0 Å². The van der Waals surface area contributed by atoms with Gasteiger partial charge in [-0.3, -0.25) is 4.79 Å². The molecule has 0 aliphatic rings. The van der Waals surface area contributed by atoms with Gasteiger partial charge in [-0.25, -0.2) is 0 Å². The smallest absolute Gasteiger partial charge is 0.259 e.